The number of hydrogen-bond donors (Lipinski definition) is 2. The average molecular weight is 361 g/mol. The van der Waals surface area contributed by atoms with Gasteiger partial charge in [-0.15, -0.1) is 0 Å². The zero-order valence-corrected chi connectivity index (χ0v) is 14.0. The molecule has 0 spiro atoms. The smallest absolute Gasteiger partial charge is 0.240 e. The van der Waals surface area contributed by atoms with E-state index in [1.165, 1.54) is 25.3 Å². The minimum absolute atomic E-state index is 0.0309. The average Bonchev–Trinajstić information content (AvgIpc) is 2.42. The van der Waals surface area contributed by atoms with Crippen LogP contribution < -0.4 is 10.5 Å². The molecule has 0 amide bonds. The molecule has 1 saturated carbocycles. The Hall–Kier alpha value is -0.590. The Kier molecular flexibility index (Phi) is 5.09. The summed E-state index contributed by atoms with van der Waals surface area (Å²) < 4.78 is 28.2. The van der Waals surface area contributed by atoms with Crippen LogP contribution in [0.2, 0.25) is 0 Å². The second kappa shape index (κ2) is 6.45. The van der Waals surface area contributed by atoms with Gasteiger partial charge in [0.1, 0.15) is 0 Å². The highest BCUT2D eigenvalue weighted by molar-refractivity contribution is 9.10. The van der Waals surface area contributed by atoms with Gasteiger partial charge in [-0.25, -0.2) is 13.1 Å². The molecule has 1 aliphatic rings. The molecule has 1 aromatic rings. The Morgan fingerprint density at radius 3 is 2.55 bits per heavy atom. The highest BCUT2D eigenvalue weighted by Crippen LogP contribution is 2.28. The molecule has 4 nitrogen and oxygen atoms in total. The molecule has 112 valence electrons. The van der Waals surface area contributed by atoms with E-state index in [1.807, 2.05) is 6.92 Å². The van der Waals surface area contributed by atoms with Crippen LogP contribution in [0, 0.1) is 5.92 Å². The number of nitrogen functional groups attached to an aromatic ring is 1. The number of rotatable bonds is 4. The first kappa shape index (κ1) is 15.8. The van der Waals surface area contributed by atoms with Crippen molar-refractivity contribution in [3.8, 4) is 0 Å². The van der Waals surface area contributed by atoms with Gasteiger partial charge in [-0.05, 0) is 59.8 Å². The Morgan fingerprint density at radius 2 is 1.95 bits per heavy atom. The van der Waals surface area contributed by atoms with Crippen molar-refractivity contribution in [2.75, 3.05) is 5.73 Å². The third-order valence-corrected chi connectivity index (χ3v) is 6.22. The number of halogens is 1. The van der Waals surface area contributed by atoms with Crippen LogP contribution in [-0.4, -0.2) is 14.5 Å². The summed E-state index contributed by atoms with van der Waals surface area (Å²) in [6.45, 7) is 1.96. The summed E-state index contributed by atoms with van der Waals surface area (Å²) in [7, 11) is -3.48. The number of nitrogens with two attached hydrogens (primary N) is 1. The zero-order chi connectivity index (χ0) is 14.8. The molecule has 1 fully saturated rings. The predicted molar refractivity (Wildman–Crippen MR) is 84.9 cm³/mol. The molecule has 1 aromatic carbocycles. The molecule has 1 aliphatic carbocycles. The van der Waals surface area contributed by atoms with Crippen molar-refractivity contribution >= 4 is 31.6 Å². The van der Waals surface area contributed by atoms with E-state index in [0.29, 0.717) is 16.1 Å². The summed E-state index contributed by atoms with van der Waals surface area (Å²) in [6.07, 6.45) is 5.87. The molecule has 0 radical (unpaired) electrons. The SMILES string of the molecule is CC(NS(=O)(=O)c1ccc(N)c(Br)c1)C1CCCCC1. The van der Waals surface area contributed by atoms with E-state index < -0.39 is 10.0 Å². The molecular formula is C14H21BrN2O2S. The highest BCUT2D eigenvalue weighted by atomic mass is 79.9. The van der Waals surface area contributed by atoms with E-state index in [1.54, 1.807) is 12.1 Å². The van der Waals surface area contributed by atoms with Crippen molar-refractivity contribution in [2.24, 2.45) is 5.92 Å². The van der Waals surface area contributed by atoms with Crippen LogP contribution in [0.3, 0.4) is 0 Å². The van der Waals surface area contributed by atoms with Crippen LogP contribution in [0.25, 0.3) is 0 Å². The standard InChI is InChI=1S/C14H21BrN2O2S/c1-10(11-5-3-2-4-6-11)17-20(18,19)12-7-8-14(16)13(15)9-12/h7-11,17H,2-6,16H2,1H3. The van der Waals surface area contributed by atoms with Gasteiger partial charge in [0.25, 0.3) is 0 Å². The lowest BCUT2D eigenvalue weighted by Gasteiger charge is -2.28. The second-order valence-electron chi connectivity index (χ2n) is 5.49. The molecule has 1 atom stereocenters. The van der Waals surface area contributed by atoms with E-state index in [4.69, 9.17) is 5.73 Å². The molecular weight excluding hydrogens is 340 g/mol. The van der Waals surface area contributed by atoms with Crippen molar-refractivity contribution in [3.05, 3.63) is 22.7 Å². The first-order valence-corrected chi connectivity index (χ1v) is 9.25. The van der Waals surface area contributed by atoms with Gasteiger partial charge in [-0.1, -0.05) is 19.3 Å². The van der Waals surface area contributed by atoms with Crippen molar-refractivity contribution in [2.45, 2.75) is 50.0 Å². The maximum Gasteiger partial charge on any atom is 0.240 e. The fraction of sp³-hybridized carbons (Fsp3) is 0.571. The number of benzene rings is 1. The Morgan fingerprint density at radius 1 is 1.30 bits per heavy atom. The van der Waals surface area contributed by atoms with Gasteiger partial charge in [0.2, 0.25) is 10.0 Å². The predicted octanol–water partition coefficient (Wildman–Crippen LogP) is 3.28. The normalized spacial score (nSPS) is 18.9. The third-order valence-electron chi connectivity index (χ3n) is 3.98. The summed E-state index contributed by atoms with van der Waals surface area (Å²) in [4.78, 5) is 0.251. The van der Waals surface area contributed by atoms with E-state index >= 15 is 0 Å². The summed E-state index contributed by atoms with van der Waals surface area (Å²) >= 11 is 3.26. The molecule has 2 rings (SSSR count). The fourth-order valence-electron chi connectivity index (χ4n) is 2.72. The van der Waals surface area contributed by atoms with Crippen molar-refractivity contribution in [1.29, 1.82) is 0 Å². The molecule has 0 aromatic heterocycles. The largest absolute Gasteiger partial charge is 0.398 e. The van der Waals surface area contributed by atoms with Gasteiger partial charge in [0.05, 0.1) is 4.90 Å². The molecule has 20 heavy (non-hydrogen) atoms. The van der Waals surface area contributed by atoms with Gasteiger partial charge in [0, 0.05) is 16.2 Å². The molecule has 6 heteroatoms. The number of sulfonamides is 1. The molecule has 0 saturated heterocycles. The lowest BCUT2D eigenvalue weighted by atomic mass is 9.85. The van der Waals surface area contributed by atoms with E-state index in [0.717, 1.165) is 12.8 Å². The van der Waals surface area contributed by atoms with Crippen molar-refractivity contribution in [1.82, 2.24) is 4.72 Å². The lowest BCUT2D eigenvalue weighted by Crippen LogP contribution is -2.38. The summed E-state index contributed by atoms with van der Waals surface area (Å²) in [5, 5.41) is 0. The van der Waals surface area contributed by atoms with Crippen molar-refractivity contribution < 1.29 is 8.42 Å². The van der Waals surface area contributed by atoms with Crippen LogP contribution in [0.4, 0.5) is 5.69 Å². The minimum Gasteiger partial charge on any atom is -0.398 e. The molecule has 3 N–H and O–H groups in total. The molecule has 0 heterocycles. The summed E-state index contributed by atoms with van der Waals surface area (Å²) in [5.74, 6) is 0.441. The summed E-state index contributed by atoms with van der Waals surface area (Å²) in [6, 6.07) is 4.65. The molecule has 0 bridgehead atoms. The summed E-state index contributed by atoms with van der Waals surface area (Å²) in [5.41, 5.74) is 6.22. The molecule has 1 unspecified atom stereocenters. The topological polar surface area (TPSA) is 72.2 Å². The number of anilines is 1. The number of nitrogens with one attached hydrogen (secondary N) is 1. The lowest BCUT2D eigenvalue weighted by molar-refractivity contribution is 0.303. The third kappa shape index (κ3) is 3.74. The van der Waals surface area contributed by atoms with Gasteiger partial charge in [-0.2, -0.15) is 0 Å². The highest BCUT2D eigenvalue weighted by Gasteiger charge is 2.25. The minimum atomic E-state index is -3.48. The molecule has 0 aliphatic heterocycles. The van der Waals surface area contributed by atoms with Crippen LogP contribution in [0.1, 0.15) is 39.0 Å². The van der Waals surface area contributed by atoms with E-state index in [2.05, 4.69) is 20.7 Å². The van der Waals surface area contributed by atoms with Gasteiger partial charge in [0.15, 0.2) is 0 Å². The Balaban J connectivity index is 2.11. The van der Waals surface area contributed by atoms with Crippen LogP contribution in [-0.2, 0) is 10.0 Å². The van der Waals surface area contributed by atoms with E-state index in [9.17, 15) is 8.42 Å². The van der Waals surface area contributed by atoms with Gasteiger partial charge in [-0.3, -0.25) is 0 Å². The Labute approximate surface area is 129 Å². The van der Waals surface area contributed by atoms with Crippen LogP contribution in [0.5, 0.6) is 0 Å². The zero-order valence-electron chi connectivity index (χ0n) is 11.6. The van der Waals surface area contributed by atoms with Gasteiger partial charge >= 0.3 is 0 Å². The van der Waals surface area contributed by atoms with Crippen LogP contribution >= 0.6 is 15.9 Å². The fourth-order valence-corrected chi connectivity index (χ4v) is 4.59. The Bertz CT molecular complexity index is 569. The second-order valence-corrected chi connectivity index (χ2v) is 8.06. The maximum atomic E-state index is 12.4. The monoisotopic (exact) mass is 360 g/mol. The van der Waals surface area contributed by atoms with E-state index in [-0.39, 0.29) is 10.9 Å². The quantitative estimate of drug-likeness (QED) is 0.809. The van der Waals surface area contributed by atoms with Crippen molar-refractivity contribution in [3.63, 3.8) is 0 Å². The first-order chi connectivity index (χ1) is 9.40. The number of hydrogen-bond acceptors (Lipinski definition) is 3. The van der Waals surface area contributed by atoms with Gasteiger partial charge < -0.3 is 5.73 Å². The first-order valence-electron chi connectivity index (χ1n) is 6.97. The maximum absolute atomic E-state index is 12.4. The van der Waals surface area contributed by atoms with Crippen LogP contribution in [0.15, 0.2) is 27.6 Å².